The predicted octanol–water partition coefficient (Wildman–Crippen LogP) is 2.88. The van der Waals surface area contributed by atoms with Crippen LogP contribution in [-0.2, 0) is 25.9 Å². The van der Waals surface area contributed by atoms with Crippen molar-refractivity contribution in [3.8, 4) is 0 Å². The number of aryl methyl sites for hydroxylation is 2. The van der Waals surface area contributed by atoms with Gasteiger partial charge in [0, 0.05) is 49.2 Å². The lowest BCUT2D eigenvalue weighted by Gasteiger charge is -2.27. The van der Waals surface area contributed by atoms with Crippen molar-refractivity contribution in [3.05, 3.63) is 46.5 Å². The summed E-state index contributed by atoms with van der Waals surface area (Å²) in [6.07, 6.45) is 6.36. The summed E-state index contributed by atoms with van der Waals surface area (Å²) in [5.41, 5.74) is 5.23. The van der Waals surface area contributed by atoms with Crippen LogP contribution in [0.1, 0.15) is 65.7 Å². The zero-order valence-electron chi connectivity index (χ0n) is 17.1. The Morgan fingerprint density at radius 2 is 2.07 bits per heavy atom. The maximum absolute atomic E-state index is 13.1. The summed E-state index contributed by atoms with van der Waals surface area (Å²) in [6, 6.07) is 6.50. The standard InChI is InChI=1S/C22H31N5O/c1-3-27-20-11-10-17(23-15-18-9-7-8-16(2)24-18)14-19(20)21(25-27)22(28)26-12-5-4-6-13-26/h7-9,17,23H,3-6,10-15H2,1-2H3/t17-/m0/s1. The van der Waals surface area contributed by atoms with Gasteiger partial charge in [0.25, 0.3) is 5.91 Å². The van der Waals surface area contributed by atoms with Crippen molar-refractivity contribution in [3.63, 3.8) is 0 Å². The van der Waals surface area contributed by atoms with Crippen LogP contribution in [0.25, 0.3) is 0 Å². The van der Waals surface area contributed by atoms with Gasteiger partial charge in [-0.3, -0.25) is 14.5 Å². The van der Waals surface area contributed by atoms with E-state index in [4.69, 9.17) is 5.10 Å². The van der Waals surface area contributed by atoms with Crippen molar-refractivity contribution in [1.82, 2.24) is 25.0 Å². The van der Waals surface area contributed by atoms with E-state index >= 15 is 0 Å². The first-order valence-electron chi connectivity index (χ1n) is 10.7. The summed E-state index contributed by atoms with van der Waals surface area (Å²) in [5, 5.41) is 8.39. The Kier molecular flexibility index (Phi) is 5.76. The third kappa shape index (κ3) is 3.97. The Bertz CT molecular complexity index is 837. The van der Waals surface area contributed by atoms with Crippen LogP contribution < -0.4 is 5.32 Å². The van der Waals surface area contributed by atoms with E-state index in [1.807, 2.05) is 22.6 Å². The Balaban J connectivity index is 1.50. The van der Waals surface area contributed by atoms with E-state index in [9.17, 15) is 4.79 Å². The zero-order chi connectivity index (χ0) is 19.5. The Morgan fingerprint density at radius 1 is 1.25 bits per heavy atom. The largest absolute Gasteiger partial charge is 0.337 e. The smallest absolute Gasteiger partial charge is 0.274 e. The number of pyridine rings is 1. The van der Waals surface area contributed by atoms with Gasteiger partial charge in [-0.25, -0.2) is 0 Å². The number of hydrogen-bond acceptors (Lipinski definition) is 4. The van der Waals surface area contributed by atoms with Crippen LogP contribution >= 0.6 is 0 Å². The molecule has 0 unspecified atom stereocenters. The molecule has 1 saturated heterocycles. The van der Waals surface area contributed by atoms with Crippen molar-refractivity contribution < 1.29 is 4.79 Å². The van der Waals surface area contributed by atoms with E-state index in [1.54, 1.807) is 0 Å². The molecule has 6 heteroatoms. The molecule has 1 atom stereocenters. The highest BCUT2D eigenvalue weighted by Crippen LogP contribution is 2.27. The number of amides is 1. The molecule has 2 aliphatic rings. The van der Waals surface area contributed by atoms with E-state index in [0.717, 1.165) is 69.7 Å². The number of aromatic nitrogens is 3. The van der Waals surface area contributed by atoms with Crippen LogP contribution in [0.4, 0.5) is 0 Å². The van der Waals surface area contributed by atoms with Gasteiger partial charge < -0.3 is 10.2 Å². The molecule has 1 amide bonds. The van der Waals surface area contributed by atoms with Crippen molar-refractivity contribution >= 4 is 5.91 Å². The van der Waals surface area contributed by atoms with Gasteiger partial charge in [0.1, 0.15) is 0 Å². The molecule has 1 N–H and O–H groups in total. The van der Waals surface area contributed by atoms with Crippen molar-refractivity contribution in [2.75, 3.05) is 13.1 Å². The van der Waals surface area contributed by atoms with Gasteiger partial charge in [0.15, 0.2) is 5.69 Å². The molecule has 28 heavy (non-hydrogen) atoms. The number of rotatable bonds is 5. The number of piperidine rings is 1. The minimum Gasteiger partial charge on any atom is -0.337 e. The Hall–Kier alpha value is -2.21. The number of carbonyl (C=O) groups is 1. The zero-order valence-corrected chi connectivity index (χ0v) is 17.1. The lowest BCUT2D eigenvalue weighted by atomic mass is 9.90. The third-order valence-corrected chi connectivity index (χ3v) is 6.01. The van der Waals surface area contributed by atoms with Crippen LogP contribution in [0.2, 0.25) is 0 Å². The number of nitrogens with one attached hydrogen (secondary N) is 1. The monoisotopic (exact) mass is 381 g/mol. The summed E-state index contributed by atoms with van der Waals surface area (Å²) in [6.45, 7) is 7.45. The summed E-state index contributed by atoms with van der Waals surface area (Å²) in [5.74, 6) is 0.129. The molecule has 1 fully saturated rings. The summed E-state index contributed by atoms with van der Waals surface area (Å²) in [7, 11) is 0. The molecule has 4 rings (SSSR count). The molecule has 1 aliphatic carbocycles. The second kappa shape index (κ2) is 8.43. The molecule has 0 saturated carbocycles. The topological polar surface area (TPSA) is 63.1 Å². The summed E-state index contributed by atoms with van der Waals surface area (Å²) in [4.78, 5) is 19.7. The fourth-order valence-electron chi connectivity index (χ4n) is 4.49. The molecule has 0 radical (unpaired) electrons. The van der Waals surface area contributed by atoms with Crippen LogP contribution in [0.5, 0.6) is 0 Å². The van der Waals surface area contributed by atoms with E-state index in [2.05, 4.69) is 29.4 Å². The molecule has 2 aromatic rings. The summed E-state index contributed by atoms with van der Waals surface area (Å²) < 4.78 is 2.05. The van der Waals surface area contributed by atoms with Gasteiger partial charge in [-0.1, -0.05) is 6.07 Å². The molecule has 3 heterocycles. The number of nitrogens with zero attached hydrogens (tertiary/aromatic N) is 4. The highest BCUT2D eigenvalue weighted by atomic mass is 16.2. The molecule has 150 valence electrons. The summed E-state index contributed by atoms with van der Waals surface area (Å²) >= 11 is 0. The first-order valence-corrected chi connectivity index (χ1v) is 10.7. The van der Waals surface area contributed by atoms with E-state index in [1.165, 1.54) is 17.7 Å². The van der Waals surface area contributed by atoms with Gasteiger partial charge in [-0.05, 0) is 64.5 Å². The maximum Gasteiger partial charge on any atom is 0.274 e. The minimum atomic E-state index is 0.129. The Morgan fingerprint density at radius 3 is 2.82 bits per heavy atom. The van der Waals surface area contributed by atoms with Crippen LogP contribution in [0.3, 0.4) is 0 Å². The van der Waals surface area contributed by atoms with Crippen molar-refractivity contribution in [2.24, 2.45) is 0 Å². The average Bonchev–Trinajstić information content (AvgIpc) is 3.10. The normalized spacial score (nSPS) is 19.5. The van der Waals surface area contributed by atoms with Gasteiger partial charge in [-0.2, -0.15) is 5.10 Å². The molecule has 1 aliphatic heterocycles. The molecular weight excluding hydrogens is 350 g/mol. The van der Waals surface area contributed by atoms with Gasteiger partial charge in [-0.15, -0.1) is 0 Å². The SMILES string of the molecule is CCn1nc(C(=O)N2CCCCC2)c2c1CC[C@H](NCc1cccc(C)n1)C2. The van der Waals surface area contributed by atoms with Crippen LogP contribution in [0, 0.1) is 6.92 Å². The second-order valence-electron chi connectivity index (χ2n) is 8.03. The fraction of sp³-hybridized carbons (Fsp3) is 0.591. The number of hydrogen-bond donors (Lipinski definition) is 1. The van der Waals surface area contributed by atoms with Gasteiger partial charge >= 0.3 is 0 Å². The molecule has 0 bridgehead atoms. The third-order valence-electron chi connectivity index (χ3n) is 6.01. The Labute approximate surface area is 167 Å². The quantitative estimate of drug-likeness (QED) is 0.865. The molecular formula is C22H31N5O. The maximum atomic E-state index is 13.1. The molecule has 0 spiro atoms. The minimum absolute atomic E-state index is 0.129. The number of likely N-dealkylation sites (tertiary alicyclic amines) is 1. The second-order valence-corrected chi connectivity index (χ2v) is 8.03. The first-order chi connectivity index (χ1) is 13.7. The molecule has 6 nitrogen and oxygen atoms in total. The van der Waals surface area contributed by atoms with Gasteiger partial charge in [0.2, 0.25) is 0 Å². The first kappa shape index (κ1) is 19.1. The molecule has 2 aromatic heterocycles. The average molecular weight is 382 g/mol. The van der Waals surface area contributed by atoms with E-state index in [-0.39, 0.29) is 5.91 Å². The lowest BCUT2D eigenvalue weighted by molar-refractivity contribution is 0.0716. The lowest BCUT2D eigenvalue weighted by Crippen LogP contribution is -2.38. The predicted molar refractivity (Wildman–Crippen MR) is 109 cm³/mol. The van der Waals surface area contributed by atoms with E-state index < -0.39 is 0 Å². The fourth-order valence-corrected chi connectivity index (χ4v) is 4.49. The van der Waals surface area contributed by atoms with Crippen LogP contribution in [-0.4, -0.2) is 44.7 Å². The highest BCUT2D eigenvalue weighted by molar-refractivity contribution is 5.94. The van der Waals surface area contributed by atoms with E-state index in [0.29, 0.717) is 11.7 Å². The highest BCUT2D eigenvalue weighted by Gasteiger charge is 2.31. The van der Waals surface area contributed by atoms with Crippen molar-refractivity contribution in [2.45, 2.75) is 71.5 Å². The van der Waals surface area contributed by atoms with Crippen LogP contribution in [0.15, 0.2) is 18.2 Å². The molecule has 0 aromatic carbocycles. The van der Waals surface area contributed by atoms with Gasteiger partial charge in [0.05, 0.1) is 5.69 Å². The number of carbonyl (C=O) groups excluding carboxylic acids is 1. The number of fused-ring (bicyclic) bond motifs is 1. The van der Waals surface area contributed by atoms with Crippen molar-refractivity contribution in [1.29, 1.82) is 0 Å².